The van der Waals surface area contributed by atoms with E-state index in [0.717, 1.165) is 57.8 Å². The van der Waals surface area contributed by atoms with E-state index in [0.29, 0.717) is 18.4 Å². The molecule has 2 bridgehead atoms. The average molecular weight is 503 g/mol. The zero-order valence-electron chi connectivity index (χ0n) is 23.0. The number of carbonyl (C=O) groups is 1. The fraction of sp³-hybridized carbons (Fsp3) is 0.967. The molecule has 204 valence electrons. The van der Waals surface area contributed by atoms with Crippen LogP contribution in [0.4, 0.5) is 0 Å². The van der Waals surface area contributed by atoms with Crippen molar-refractivity contribution < 1.29 is 19.7 Å². The quantitative estimate of drug-likeness (QED) is 0.458. The molecule has 5 aliphatic carbocycles. The molecule has 36 heavy (non-hydrogen) atoms. The van der Waals surface area contributed by atoms with E-state index in [2.05, 4.69) is 33.0 Å². The Bertz CT molecular complexity index is 890. The van der Waals surface area contributed by atoms with E-state index in [1.807, 2.05) is 0 Å². The van der Waals surface area contributed by atoms with Crippen LogP contribution in [0.2, 0.25) is 0 Å². The van der Waals surface area contributed by atoms with Crippen LogP contribution in [0.15, 0.2) is 0 Å². The summed E-state index contributed by atoms with van der Waals surface area (Å²) in [6, 6.07) is 0.292. The van der Waals surface area contributed by atoms with Gasteiger partial charge in [-0.05, 0) is 111 Å². The lowest BCUT2D eigenvalue weighted by Crippen LogP contribution is -2.67. The topological polar surface area (TPSA) is 105 Å². The molecule has 11 atom stereocenters. The first-order chi connectivity index (χ1) is 16.9. The van der Waals surface area contributed by atoms with Gasteiger partial charge in [-0.1, -0.05) is 34.1 Å². The fourth-order valence-corrected chi connectivity index (χ4v) is 10.9. The Morgan fingerprint density at radius 1 is 1.00 bits per heavy atom. The Hall–Kier alpha value is -0.690. The Kier molecular flexibility index (Phi) is 5.97. The van der Waals surface area contributed by atoms with Crippen LogP contribution in [-0.4, -0.2) is 52.1 Å². The molecule has 6 nitrogen and oxygen atoms in total. The monoisotopic (exact) mass is 502 g/mol. The average Bonchev–Trinajstić information content (AvgIpc) is 2.97. The van der Waals surface area contributed by atoms with Crippen molar-refractivity contribution in [1.82, 2.24) is 5.32 Å². The largest absolute Gasteiger partial charge is 0.393 e. The Morgan fingerprint density at radius 2 is 1.75 bits per heavy atom. The minimum atomic E-state index is -0.756. The number of hydrogen-bond donors (Lipinski definition) is 4. The molecule has 6 rings (SSSR count). The summed E-state index contributed by atoms with van der Waals surface area (Å²) in [7, 11) is 0. The molecule has 0 radical (unpaired) electrons. The molecule has 0 aromatic rings. The van der Waals surface area contributed by atoms with E-state index >= 15 is 0 Å². The molecule has 1 aliphatic heterocycles. The van der Waals surface area contributed by atoms with Crippen molar-refractivity contribution in [1.29, 1.82) is 0 Å². The zero-order valence-corrected chi connectivity index (χ0v) is 23.0. The van der Waals surface area contributed by atoms with Gasteiger partial charge in [-0.25, -0.2) is 0 Å². The summed E-state index contributed by atoms with van der Waals surface area (Å²) in [6.45, 7) is 9.14. The summed E-state index contributed by atoms with van der Waals surface area (Å²) >= 11 is 0. The van der Waals surface area contributed by atoms with Gasteiger partial charge in [0.2, 0.25) is 5.91 Å². The molecule has 0 aromatic heterocycles. The molecule has 6 unspecified atom stereocenters. The Labute approximate surface area is 217 Å². The van der Waals surface area contributed by atoms with Gasteiger partial charge in [-0.15, -0.1) is 0 Å². The molecule has 5 saturated carbocycles. The number of nitrogens with two attached hydrogens (primary N) is 1. The van der Waals surface area contributed by atoms with Crippen molar-refractivity contribution in [3.05, 3.63) is 0 Å². The highest BCUT2D eigenvalue weighted by Crippen LogP contribution is 2.69. The van der Waals surface area contributed by atoms with E-state index in [1.165, 1.54) is 12.8 Å². The molecule has 1 spiro atoms. The van der Waals surface area contributed by atoms with Crippen LogP contribution in [0.3, 0.4) is 0 Å². The van der Waals surface area contributed by atoms with Crippen molar-refractivity contribution >= 4 is 5.91 Å². The maximum absolute atomic E-state index is 13.1. The number of hydrogen-bond acceptors (Lipinski definition) is 5. The smallest absolute Gasteiger partial charge is 0.249 e. The van der Waals surface area contributed by atoms with Gasteiger partial charge in [0.25, 0.3) is 0 Å². The summed E-state index contributed by atoms with van der Waals surface area (Å²) in [6.07, 6.45) is 10.6. The highest BCUT2D eigenvalue weighted by molar-refractivity contribution is 5.81. The number of ether oxygens (including phenoxy) is 1. The molecule has 5 N–H and O–H groups in total. The van der Waals surface area contributed by atoms with Gasteiger partial charge < -0.3 is 26.0 Å². The highest BCUT2D eigenvalue weighted by Gasteiger charge is 2.72. The minimum absolute atomic E-state index is 0.000182. The number of fused-ring (bicyclic) bond motifs is 5. The minimum Gasteiger partial charge on any atom is -0.393 e. The standard InChI is InChI=1S/C30H50N2O4/c1-17-15-20(26(35)32-19-7-5-8-19)36-24-23(17)28(4)12-6-13-29-14-11-22(33)27(2,3)21(29)10-9-18(16-29)30(28,31)25(24)34/h17-25,33-34H,5-16,31H2,1-4H3,(H,32,35)/t17-,18?,20?,21+,22?,23+,24?,25+,28?,29?,30+/m1/s1. The van der Waals surface area contributed by atoms with Crippen LogP contribution in [0, 0.1) is 39.9 Å². The summed E-state index contributed by atoms with van der Waals surface area (Å²) in [5.41, 5.74) is 6.76. The van der Waals surface area contributed by atoms with Crippen LogP contribution in [0.5, 0.6) is 0 Å². The third-order valence-electron chi connectivity index (χ3n) is 13.1. The number of aliphatic hydroxyl groups is 2. The van der Waals surface area contributed by atoms with Crippen LogP contribution in [-0.2, 0) is 9.53 Å². The van der Waals surface area contributed by atoms with Gasteiger partial charge in [0.15, 0.2) is 0 Å². The third-order valence-corrected chi connectivity index (χ3v) is 13.1. The van der Waals surface area contributed by atoms with E-state index in [9.17, 15) is 15.0 Å². The zero-order chi connectivity index (χ0) is 25.7. The lowest BCUT2D eigenvalue weighted by molar-refractivity contribution is -0.165. The predicted octanol–water partition coefficient (Wildman–Crippen LogP) is 3.91. The Morgan fingerprint density at radius 3 is 2.44 bits per heavy atom. The molecule has 6 aliphatic rings. The van der Waals surface area contributed by atoms with Crippen LogP contribution in [0.25, 0.3) is 0 Å². The van der Waals surface area contributed by atoms with Crippen molar-refractivity contribution in [2.24, 2.45) is 45.7 Å². The molecule has 0 aromatic carbocycles. The van der Waals surface area contributed by atoms with Crippen molar-refractivity contribution in [2.45, 2.75) is 141 Å². The summed E-state index contributed by atoms with van der Waals surface area (Å²) < 4.78 is 6.54. The van der Waals surface area contributed by atoms with Gasteiger partial charge in [0.1, 0.15) is 6.10 Å². The molecule has 6 fully saturated rings. The second kappa shape index (κ2) is 8.40. The second-order valence-electron chi connectivity index (χ2n) is 14.9. The molecular formula is C30H50N2O4. The first kappa shape index (κ1) is 25.6. The maximum Gasteiger partial charge on any atom is 0.249 e. The first-order valence-corrected chi connectivity index (χ1v) is 15.0. The maximum atomic E-state index is 13.1. The van der Waals surface area contributed by atoms with E-state index < -0.39 is 17.7 Å². The van der Waals surface area contributed by atoms with E-state index in [4.69, 9.17) is 10.5 Å². The van der Waals surface area contributed by atoms with Crippen molar-refractivity contribution in [3.63, 3.8) is 0 Å². The summed E-state index contributed by atoms with van der Waals surface area (Å²) in [5, 5.41) is 26.1. The van der Waals surface area contributed by atoms with E-state index in [-0.39, 0.29) is 52.1 Å². The van der Waals surface area contributed by atoms with E-state index in [1.54, 1.807) is 0 Å². The van der Waals surface area contributed by atoms with Crippen LogP contribution < -0.4 is 11.1 Å². The first-order valence-electron chi connectivity index (χ1n) is 15.0. The van der Waals surface area contributed by atoms with Crippen molar-refractivity contribution in [3.8, 4) is 0 Å². The van der Waals surface area contributed by atoms with Crippen LogP contribution >= 0.6 is 0 Å². The Balaban J connectivity index is 1.30. The number of carbonyl (C=O) groups excluding carboxylic acids is 1. The van der Waals surface area contributed by atoms with Gasteiger partial charge in [0.05, 0.1) is 23.9 Å². The summed E-state index contributed by atoms with van der Waals surface area (Å²) in [4.78, 5) is 13.1. The number of amides is 1. The SMILES string of the molecule is C[C@@H]1CC(C(=O)NC2CCC2)OC2[C@H]1C1(C)CCCC34CCC(O)C(C)(C)[C@@H]3CCC(C4)[C@]1(N)[C@H]2O. The fourth-order valence-electron chi connectivity index (χ4n) is 10.9. The lowest BCUT2D eigenvalue weighted by Gasteiger charge is -2.63. The number of rotatable bonds is 2. The molecule has 6 heteroatoms. The van der Waals surface area contributed by atoms with Crippen molar-refractivity contribution in [2.75, 3.05) is 0 Å². The van der Waals surface area contributed by atoms with Gasteiger partial charge >= 0.3 is 0 Å². The molecular weight excluding hydrogens is 452 g/mol. The highest BCUT2D eigenvalue weighted by atomic mass is 16.5. The van der Waals surface area contributed by atoms with Gasteiger partial charge in [-0.2, -0.15) is 0 Å². The number of nitrogens with one attached hydrogen (secondary N) is 1. The molecule has 1 amide bonds. The lowest BCUT2D eigenvalue weighted by atomic mass is 9.43. The van der Waals surface area contributed by atoms with Gasteiger partial charge in [-0.3, -0.25) is 4.79 Å². The predicted molar refractivity (Wildman–Crippen MR) is 139 cm³/mol. The second-order valence-corrected chi connectivity index (χ2v) is 14.9. The van der Waals surface area contributed by atoms with Gasteiger partial charge in [0, 0.05) is 6.04 Å². The molecule has 1 heterocycles. The normalized spacial score (nSPS) is 54.2. The third kappa shape index (κ3) is 3.32. The number of aliphatic hydroxyl groups excluding tert-OH is 2. The summed E-state index contributed by atoms with van der Waals surface area (Å²) in [5.74, 6) is 1.19. The van der Waals surface area contributed by atoms with Crippen LogP contribution in [0.1, 0.15) is 105 Å². The molecule has 1 saturated heterocycles.